The average molecular weight is 300 g/mol. The molecule has 0 aromatic heterocycles. The van der Waals surface area contributed by atoms with Gasteiger partial charge >= 0.3 is 0 Å². The van der Waals surface area contributed by atoms with E-state index in [1.54, 1.807) is 12.1 Å². The number of carbonyl (C=O) groups is 1. The van der Waals surface area contributed by atoms with Crippen LogP contribution in [-0.4, -0.2) is 5.91 Å². The minimum absolute atomic E-state index is 0.117. The molecule has 2 rings (SSSR count). The molecule has 5 heteroatoms. The van der Waals surface area contributed by atoms with Crippen molar-refractivity contribution < 1.29 is 9.18 Å². The van der Waals surface area contributed by atoms with Gasteiger partial charge in [0, 0.05) is 23.3 Å². The maximum absolute atomic E-state index is 13.2. The zero-order valence-corrected chi connectivity index (χ0v) is 12.2. The molecule has 0 radical (unpaired) electrons. The number of hydrogen-bond acceptors (Lipinski definition) is 3. The average Bonchev–Trinajstić information content (AvgIpc) is 2.46. The molecule has 1 amide bonds. The van der Waals surface area contributed by atoms with Gasteiger partial charge < -0.3 is 5.32 Å². The maximum atomic E-state index is 13.2. The van der Waals surface area contributed by atoms with E-state index >= 15 is 0 Å². The Balaban J connectivity index is 2.05. The fraction of sp³-hybridized carbons (Fsp3) is 0.125. The summed E-state index contributed by atoms with van der Waals surface area (Å²) < 4.78 is 13.2. The molecule has 3 nitrogen and oxygen atoms in total. The van der Waals surface area contributed by atoms with Crippen LogP contribution in [0.25, 0.3) is 0 Å². The first-order valence-electron chi connectivity index (χ1n) is 6.27. The van der Waals surface area contributed by atoms with Gasteiger partial charge in [0.15, 0.2) is 0 Å². The van der Waals surface area contributed by atoms with E-state index in [-0.39, 0.29) is 11.7 Å². The summed E-state index contributed by atoms with van der Waals surface area (Å²) in [5.74, 6) is 0.0552. The number of rotatable bonds is 4. The van der Waals surface area contributed by atoms with Crippen molar-refractivity contribution in [3.05, 3.63) is 59.4 Å². The van der Waals surface area contributed by atoms with E-state index in [4.69, 9.17) is 5.26 Å². The largest absolute Gasteiger partial charge is 0.326 e. The standard InChI is InChI=1S/C16H13FN2OS/c1-11(20)19-15-4-6-16(7-5-15)21-10-13-8-14(17)3-2-12(13)9-18/h2-8H,10H2,1H3,(H,19,20). The Hall–Kier alpha value is -2.32. The van der Waals surface area contributed by atoms with E-state index in [0.717, 1.165) is 10.6 Å². The van der Waals surface area contributed by atoms with Gasteiger partial charge in [0.05, 0.1) is 11.6 Å². The van der Waals surface area contributed by atoms with Crippen LogP contribution in [0.1, 0.15) is 18.1 Å². The second-order valence-corrected chi connectivity index (χ2v) is 5.46. The fourth-order valence-electron chi connectivity index (χ4n) is 1.79. The summed E-state index contributed by atoms with van der Waals surface area (Å²) in [7, 11) is 0. The maximum Gasteiger partial charge on any atom is 0.221 e. The lowest BCUT2D eigenvalue weighted by molar-refractivity contribution is -0.114. The lowest BCUT2D eigenvalue weighted by Gasteiger charge is -2.06. The number of nitrogens with zero attached hydrogens (tertiary/aromatic N) is 1. The molecule has 0 heterocycles. The van der Waals surface area contributed by atoms with Crippen molar-refractivity contribution in [3.8, 4) is 6.07 Å². The zero-order chi connectivity index (χ0) is 15.2. The van der Waals surface area contributed by atoms with Crippen LogP contribution in [0.4, 0.5) is 10.1 Å². The summed E-state index contributed by atoms with van der Waals surface area (Å²) >= 11 is 1.51. The Kier molecular flexibility index (Phi) is 4.96. The fourth-order valence-corrected chi connectivity index (χ4v) is 2.68. The summed E-state index contributed by atoms with van der Waals surface area (Å²) in [5, 5.41) is 11.7. The van der Waals surface area contributed by atoms with Gasteiger partial charge in [0.1, 0.15) is 5.82 Å². The van der Waals surface area contributed by atoms with Gasteiger partial charge in [-0.05, 0) is 48.0 Å². The van der Waals surface area contributed by atoms with Crippen LogP contribution >= 0.6 is 11.8 Å². The van der Waals surface area contributed by atoms with E-state index < -0.39 is 0 Å². The smallest absolute Gasteiger partial charge is 0.221 e. The van der Waals surface area contributed by atoms with Crippen LogP contribution < -0.4 is 5.32 Å². The van der Waals surface area contributed by atoms with Gasteiger partial charge in [-0.25, -0.2) is 4.39 Å². The highest BCUT2D eigenvalue weighted by molar-refractivity contribution is 7.98. The minimum atomic E-state index is -0.342. The molecule has 0 spiro atoms. The lowest BCUT2D eigenvalue weighted by Crippen LogP contribution is -2.05. The molecule has 0 unspecified atom stereocenters. The highest BCUT2D eigenvalue weighted by atomic mass is 32.2. The molecule has 0 fully saturated rings. The number of nitrogens with one attached hydrogen (secondary N) is 1. The number of anilines is 1. The molecule has 0 saturated carbocycles. The second kappa shape index (κ2) is 6.91. The van der Waals surface area contributed by atoms with Gasteiger partial charge in [-0.2, -0.15) is 5.26 Å². The number of carbonyl (C=O) groups excluding carboxylic acids is 1. The molecule has 106 valence electrons. The van der Waals surface area contributed by atoms with Crippen molar-refractivity contribution in [1.29, 1.82) is 5.26 Å². The number of amides is 1. The highest BCUT2D eigenvalue weighted by Gasteiger charge is 2.05. The molecule has 2 aromatic rings. The van der Waals surface area contributed by atoms with Crippen LogP contribution in [0.2, 0.25) is 0 Å². The normalized spacial score (nSPS) is 9.95. The van der Waals surface area contributed by atoms with Crippen LogP contribution in [0.5, 0.6) is 0 Å². The number of benzene rings is 2. The predicted octanol–water partition coefficient (Wildman–Crippen LogP) is 3.95. The minimum Gasteiger partial charge on any atom is -0.326 e. The monoisotopic (exact) mass is 300 g/mol. The van der Waals surface area contributed by atoms with Crippen molar-refractivity contribution in [1.82, 2.24) is 0 Å². The first kappa shape index (κ1) is 15.1. The molecule has 1 N–H and O–H groups in total. The zero-order valence-electron chi connectivity index (χ0n) is 11.4. The van der Waals surface area contributed by atoms with E-state index in [1.807, 2.05) is 12.1 Å². The first-order valence-corrected chi connectivity index (χ1v) is 7.26. The summed E-state index contributed by atoms with van der Waals surface area (Å²) in [4.78, 5) is 11.9. The molecule has 0 aliphatic carbocycles. The summed E-state index contributed by atoms with van der Waals surface area (Å²) in [6, 6.07) is 13.6. The Labute approximate surface area is 126 Å². The number of nitriles is 1. The molecule has 21 heavy (non-hydrogen) atoms. The molecule has 0 atom stereocenters. The Bertz CT molecular complexity index is 692. The topological polar surface area (TPSA) is 52.9 Å². The van der Waals surface area contributed by atoms with Crippen LogP contribution in [0.3, 0.4) is 0 Å². The number of thioether (sulfide) groups is 1. The summed E-state index contributed by atoms with van der Waals surface area (Å²) in [6.07, 6.45) is 0. The van der Waals surface area contributed by atoms with E-state index in [9.17, 15) is 9.18 Å². The van der Waals surface area contributed by atoms with Crippen LogP contribution in [0, 0.1) is 17.1 Å². The van der Waals surface area contributed by atoms with Gasteiger partial charge in [-0.3, -0.25) is 4.79 Å². The van der Waals surface area contributed by atoms with Crippen molar-refractivity contribution in [2.45, 2.75) is 17.6 Å². The molecule has 0 saturated heterocycles. The summed E-state index contributed by atoms with van der Waals surface area (Å²) in [5.41, 5.74) is 1.89. The van der Waals surface area contributed by atoms with Crippen molar-refractivity contribution in [2.24, 2.45) is 0 Å². The third-order valence-corrected chi connectivity index (χ3v) is 3.82. The molecule has 2 aromatic carbocycles. The van der Waals surface area contributed by atoms with Crippen LogP contribution in [0.15, 0.2) is 47.4 Å². The van der Waals surface area contributed by atoms with Crippen LogP contribution in [-0.2, 0) is 10.5 Å². The van der Waals surface area contributed by atoms with Gasteiger partial charge in [-0.1, -0.05) is 0 Å². The summed E-state index contributed by atoms with van der Waals surface area (Å²) in [6.45, 7) is 1.45. The van der Waals surface area contributed by atoms with Gasteiger partial charge in [-0.15, -0.1) is 11.8 Å². The first-order chi connectivity index (χ1) is 10.1. The van der Waals surface area contributed by atoms with E-state index in [0.29, 0.717) is 16.9 Å². The SMILES string of the molecule is CC(=O)Nc1ccc(SCc2cc(F)ccc2C#N)cc1. The van der Waals surface area contributed by atoms with Crippen molar-refractivity contribution >= 4 is 23.4 Å². The van der Waals surface area contributed by atoms with Crippen molar-refractivity contribution in [3.63, 3.8) is 0 Å². The Morgan fingerprint density at radius 1 is 1.29 bits per heavy atom. The Morgan fingerprint density at radius 3 is 2.62 bits per heavy atom. The molecular weight excluding hydrogens is 287 g/mol. The van der Waals surface area contributed by atoms with Crippen molar-refractivity contribution in [2.75, 3.05) is 5.32 Å². The third-order valence-electron chi connectivity index (χ3n) is 2.76. The highest BCUT2D eigenvalue weighted by Crippen LogP contribution is 2.26. The third kappa shape index (κ3) is 4.33. The molecule has 0 aliphatic heterocycles. The number of halogens is 1. The molecular formula is C16H13FN2OS. The van der Waals surface area contributed by atoms with E-state index in [2.05, 4.69) is 11.4 Å². The Morgan fingerprint density at radius 2 is 2.00 bits per heavy atom. The van der Waals surface area contributed by atoms with E-state index in [1.165, 1.54) is 36.9 Å². The second-order valence-electron chi connectivity index (χ2n) is 4.41. The quantitative estimate of drug-likeness (QED) is 0.870. The number of hydrogen-bond donors (Lipinski definition) is 1. The van der Waals surface area contributed by atoms with Gasteiger partial charge in [0.2, 0.25) is 5.91 Å². The molecule has 0 bridgehead atoms. The van der Waals surface area contributed by atoms with Gasteiger partial charge in [0.25, 0.3) is 0 Å². The lowest BCUT2D eigenvalue weighted by atomic mass is 10.1. The molecule has 0 aliphatic rings. The predicted molar refractivity (Wildman–Crippen MR) is 81.4 cm³/mol.